The normalized spacial score (nSPS) is 20.1. The molecule has 0 amide bonds. The Labute approximate surface area is 286 Å². The lowest BCUT2D eigenvalue weighted by Gasteiger charge is -2.36. The number of nitrogens with one attached hydrogen (secondary N) is 1. The van der Waals surface area contributed by atoms with Crippen LogP contribution in [0.1, 0.15) is 78.8 Å². The van der Waals surface area contributed by atoms with E-state index in [1.807, 2.05) is 12.3 Å². The van der Waals surface area contributed by atoms with Gasteiger partial charge in [-0.05, 0) is 110 Å². The lowest BCUT2D eigenvalue weighted by Crippen LogP contribution is -2.37. The molecular formula is C42H48N6. The predicted octanol–water partition coefficient (Wildman–Crippen LogP) is 8.82. The van der Waals surface area contributed by atoms with E-state index in [2.05, 4.69) is 118 Å². The number of rotatable bonds is 11. The Hall–Kier alpha value is -4.55. The Balaban J connectivity index is 0.911. The van der Waals surface area contributed by atoms with E-state index in [1.165, 1.54) is 35.4 Å². The summed E-state index contributed by atoms with van der Waals surface area (Å²) < 4.78 is 0. The standard InChI is InChI=1S/C42H48N6/c1-29-7-14-38(26-39(29)31(3)37-15-21-43-40(25-37)35-10-11-35)46-32(4)42(5)18-24-47(28-42)27-30(2)48-22-16-34(17-23-48)33-8-12-36(13-9-33)41-44-19-6-20-45-41/h6-9,12-15,19-21,25-26,34-35,46H,2-4,10-11,16-18,22-24,27-28H2,1,5H3. The van der Waals surface area contributed by atoms with Gasteiger partial charge >= 0.3 is 0 Å². The average molecular weight is 637 g/mol. The summed E-state index contributed by atoms with van der Waals surface area (Å²) in [4.78, 5) is 18.4. The van der Waals surface area contributed by atoms with Gasteiger partial charge in [0.2, 0.25) is 0 Å². The third-order valence-electron chi connectivity index (χ3n) is 10.8. The zero-order valence-corrected chi connectivity index (χ0v) is 28.6. The van der Waals surface area contributed by atoms with Crippen LogP contribution in [0.15, 0.2) is 110 Å². The van der Waals surface area contributed by atoms with Crippen LogP contribution in [0.3, 0.4) is 0 Å². The molecule has 48 heavy (non-hydrogen) atoms. The van der Waals surface area contributed by atoms with E-state index < -0.39 is 0 Å². The van der Waals surface area contributed by atoms with E-state index in [0.29, 0.717) is 11.8 Å². The van der Waals surface area contributed by atoms with Gasteiger partial charge in [0, 0.05) is 84.4 Å². The molecule has 2 aliphatic heterocycles. The number of piperidine rings is 1. The summed E-state index contributed by atoms with van der Waals surface area (Å²) in [7, 11) is 0. The van der Waals surface area contributed by atoms with Crippen molar-refractivity contribution >= 4 is 11.3 Å². The number of pyridine rings is 1. The molecule has 6 nitrogen and oxygen atoms in total. The summed E-state index contributed by atoms with van der Waals surface area (Å²) >= 11 is 0. The number of hydrogen-bond donors (Lipinski definition) is 1. The molecule has 2 saturated heterocycles. The number of nitrogens with zero attached hydrogens (tertiary/aromatic N) is 5. The fourth-order valence-corrected chi connectivity index (χ4v) is 7.42. The van der Waals surface area contributed by atoms with Crippen LogP contribution in [-0.2, 0) is 0 Å². The van der Waals surface area contributed by atoms with E-state index in [1.54, 1.807) is 12.4 Å². The maximum absolute atomic E-state index is 4.60. The highest BCUT2D eigenvalue weighted by Crippen LogP contribution is 2.41. The van der Waals surface area contributed by atoms with Gasteiger partial charge in [-0.3, -0.25) is 9.88 Å². The first kappa shape index (κ1) is 32.0. The van der Waals surface area contributed by atoms with Crippen molar-refractivity contribution in [3.63, 3.8) is 0 Å². The van der Waals surface area contributed by atoms with Crippen molar-refractivity contribution in [2.75, 3.05) is 38.0 Å². The minimum Gasteiger partial charge on any atom is -0.374 e. The quantitative estimate of drug-likeness (QED) is 0.178. The highest BCUT2D eigenvalue weighted by Gasteiger charge is 2.37. The van der Waals surface area contributed by atoms with Crippen molar-refractivity contribution in [1.29, 1.82) is 0 Å². The van der Waals surface area contributed by atoms with Gasteiger partial charge in [0.25, 0.3) is 0 Å². The van der Waals surface area contributed by atoms with Gasteiger partial charge in [0.15, 0.2) is 5.82 Å². The van der Waals surface area contributed by atoms with Crippen LogP contribution in [-0.4, -0.2) is 57.5 Å². The molecule has 1 unspecified atom stereocenters. The maximum Gasteiger partial charge on any atom is 0.159 e. The van der Waals surface area contributed by atoms with Crippen LogP contribution in [0.4, 0.5) is 5.69 Å². The Morgan fingerprint density at radius 2 is 1.60 bits per heavy atom. The summed E-state index contributed by atoms with van der Waals surface area (Å²) in [5.41, 5.74) is 11.6. The molecule has 0 spiro atoms. The predicted molar refractivity (Wildman–Crippen MR) is 198 cm³/mol. The molecule has 2 aromatic heterocycles. The number of aryl methyl sites for hydroxylation is 1. The maximum atomic E-state index is 4.60. The number of anilines is 1. The molecule has 2 aromatic carbocycles. The van der Waals surface area contributed by atoms with Gasteiger partial charge in [0.05, 0.1) is 0 Å². The second-order valence-corrected chi connectivity index (χ2v) is 14.4. The van der Waals surface area contributed by atoms with Crippen LogP contribution in [0.2, 0.25) is 0 Å². The van der Waals surface area contributed by atoms with Crippen LogP contribution >= 0.6 is 0 Å². The number of benzene rings is 2. The van der Waals surface area contributed by atoms with Gasteiger partial charge in [-0.25, -0.2) is 9.97 Å². The Bertz CT molecular complexity index is 1800. The molecule has 1 atom stereocenters. The number of likely N-dealkylation sites (tertiary alicyclic amines) is 2. The molecule has 1 saturated carbocycles. The van der Waals surface area contributed by atoms with Gasteiger partial charge in [-0.15, -0.1) is 0 Å². The highest BCUT2D eigenvalue weighted by atomic mass is 15.2. The Morgan fingerprint density at radius 3 is 2.33 bits per heavy atom. The smallest absolute Gasteiger partial charge is 0.159 e. The molecule has 7 rings (SSSR count). The van der Waals surface area contributed by atoms with Crippen LogP contribution in [0.5, 0.6) is 0 Å². The van der Waals surface area contributed by atoms with E-state index >= 15 is 0 Å². The van der Waals surface area contributed by atoms with Crippen molar-refractivity contribution in [3.8, 4) is 11.4 Å². The lowest BCUT2D eigenvalue weighted by molar-refractivity contribution is 0.228. The molecule has 4 aromatic rings. The second-order valence-electron chi connectivity index (χ2n) is 14.4. The van der Waals surface area contributed by atoms with E-state index in [0.717, 1.165) is 91.5 Å². The molecule has 1 aliphatic carbocycles. The zero-order chi connectivity index (χ0) is 33.3. The number of hydrogen-bond acceptors (Lipinski definition) is 6. The molecule has 3 fully saturated rings. The van der Waals surface area contributed by atoms with Crippen LogP contribution in [0.25, 0.3) is 17.0 Å². The summed E-state index contributed by atoms with van der Waals surface area (Å²) in [6.45, 7) is 23.1. The molecule has 246 valence electrons. The summed E-state index contributed by atoms with van der Waals surface area (Å²) in [6.07, 6.45) is 11.4. The Morgan fingerprint density at radius 1 is 0.854 bits per heavy atom. The minimum atomic E-state index is -0.0173. The third-order valence-corrected chi connectivity index (χ3v) is 10.8. The van der Waals surface area contributed by atoms with E-state index in [9.17, 15) is 0 Å². The first-order chi connectivity index (χ1) is 23.3. The highest BCUT2D eigenvalue weighted by molar-refractivity contribution is 5.81. The van der Waals surface area contributed by atoms with Crippen molar-refractivity contribution in [2.45, 2.75) is 57.8 Å². The largest absolute Gasteiger partial charge is 0.374 e. The summed E-state index contributed by atoms with van der Waals surface area (Å²) in [6, 6.07) is 21.6. The lowest BCUT2D eigenvalue weighted by atomic mass is 9.86. The average Bonchev–Trinajstić information content (AvgIpc) is 3.91. The molecule has 4 heterocycles. The molecule has 0 bridgehead atoms. The summed E-state index contributed by atoms with van der Waals surface area (Å²) in [5.74, 6) is 1.98. The number of aromatic nitrogens is 3. The molecule has 3 aliphatic rings. The monoisotopic (exact) mass is 636 g/mol. The first-order valence-corrected chi connectivity index (χ1v) is 17.5. The molecule has 6 heteroatoms. The third kappa shape index (κ3) is 7.00. The van der Waals surface area contributed by atoms with Crippen molar-refractivity contribution < 1.29 is 0 Å². The fraction of sp³-hybridized carbons (Fsp3) is 0.357. The first-order valence-electron chi connectivity index (χ1n) is 17.5. The molecule has 0 radical (unpaired) electrons. The molecule has 1 N–H and O–H groups in total. The van der Waals surface area contributed by atoms with Crippen LogP contribution in [0, 0.1) is 12.3 Å². The minimum absolute atomic E-state index is 0.0173. The van der Waals surface area contributed by atoms with Gasteiger partial charge < -0.3 is 10.2 Å². The van der Waals surface area contributed by atoms with Crippen molar-refractivity contribution in [1.82, 2.24) is 24.8 Å². The SMILES string of the molecule is C=C(c1ccnc(C2CC2)c1)c1cc(NC(=C)C2(C)CCN(CC(=C)N3CCC(c4ccc(-c5ncccn5)cc4)CC3)C2)ccc1C. The topological polar surface area (TPSA) is 57.2 Å². The zero-order valence-electron chi connectivity index (χ0n) is 28.6. The molecular weight excluding hydrogens is 589 g/mol. The second kappa shape index (κ2) is 13.5. The van der Waals surface area contributed by atoms with E-state index in [-0.39, 0.29) is 5.41 Å². The Kier molecular flexibility index (Phi) is 9.02. The van der Waals surface area contributed by atoms with Crippen molar-refractivity contribution in [3.05, 3.63) is 138 Å². The van der Waals surface area contributed by atoms with Crippen LogP contribution < -0.4 is 5.32 Å². The summed E-state index contributed by atoms with van der Waals surface area (Å²) in [5, 5.41) is 3.69. The van der Waals surface area contributed by atoms with E-state index in [4.69, 9.17) is 0 Å². The fourth-order valence-electron chi connectivity index (χ4n) is 7.42. The van der Waals surface area contributed by atoms with Crippen molar-refractivity contribution in [2.24, 2.45) is 5.41 Å². The van der Waals surface area contributed by atoms with Gasteiger partial charge in [-0.2, -0.15) is 0 Å². The van der Waals surface area contributed by atoms with Gasteiger partial charge in [0.1, 0.15) is 0 Å². The van der Waals surface area contributed by atoms with Gasteiger partial charge in [-0.1, -0.05) is 57.0 Å².